The summed E-state index contributed by atoms with van der Waals surface area (Å²) in [5.41, 5.74) is 0.930. The van der Waals surface area contributed by atoms with Crippen LogP contribution in [0.4, 0.5) is 0 Å². The van der Waals surface area contributed by atoms with Gasteiger partial charge in [-0.3, -0.25) is 4.68 Å². The monoisotopic (exact) mass is 245 g/mol. The Morgan fingerprint density at radius 1 is 1.28 bits per heavy atom. The summed E-state index contributed by atoms with van der Waals surface area (Å²) in [4.78, 5) is 4.39. The number of nitrogens with zero attached hydrogens (tertiary/aromatic N) is 5. The number of rotatable bonds is 3. The average molecular weight is 245 g/mol. The zero-order chi connectivity index (χ0) is 12.4. The van der Waals surface area contributed by atoms with Gasteiger partial charge in [0.05, 0.1) is 6.04 Å². The first kappa shape index (κ1) is 11.4. The highest BCUT2D eigenvalue weighted by molar-refractivity contribution is 5.47. The van der Waals surface area contributed by atoms with Crippen molar-refractivity contribution in [1.82, 2.24) is 24.5 Å². The smallest absolute Gasteiger partial charge is 0.178 e. The molecule has 0 aromatic carbocycles. The van der Waals surface area contributed by atoms with Crippen LogP contribution in [0.3, 0.4) is 0 Å². The topological polar surface area (TPSA) is 48.5 Å². The number of hydrogen-bond acceptors (Lipinski definition) is 3. The summed E-state index contributed by atoms with van der Waals surface area (Å²) in [6.07, 6.45) is 10.0. The summed E-state index contributed by atoms with van der Waals surface area (Å²) in [6.45, 7) is 2.97. The maximum absolute atomic E-state index is 4.52. The van der Waals surface area contributed by atoms with E-state index in [1.54, 1.807) is 6.33 Å². The van der Waals surface area contributed by atoms with Gasteiger partial charge in [0.15, 0.2) is 5.82 Å². The maximum atomic E-state index is 4.52. The molecule has 0 unspecified atom stereocenters. The number of aromatic nitrogens is 5. The molecular weight excluding hydrogens is 226 g/mol. The highest BCUT2D eigenvalue weighted by Gasteiger charge is 2.20. The van der Waals surface area contributed by atoms with Crippen LogP contribution in [0.5, 0.6) is 0 Å². The number of hydrogen-bond donors (Lipinski definition) is 0. The van der Waals surface area contributed by atoms with Gasteiger partial charge in [0, 0.05) is 12.7 Å². The van der Waals surface area contributed by atoms with Crippen LogP contribution in [0.1, 0.15) is 45.1 Å². The molecule has 5 nitrogen and oxygen atoms in total. The van der Waals surface area contributed by atoms with Crippen LogP contribution in [-0.2, 0) is 6.54 Å². The van der Waals surface area contributed by atoms with Gasteiger partial charge in [-0.1, -0.05) is 19.3 Å². The van der Waals surface area contributed by atoms with E-state index >= 15 is 0 Å². The summed E-state index contributed by atoms with van der Waals surface area (Å²) in [5.74, 6) is 0.911. The van der Waals surface area contributed by atoms with Crippen molar-refractivity contribution >= 4 is 0 Å². The normalized spacial score (nSPS) is 17.2. The standard InChI is InChI=1S/C13H19N5/c1-2-17-9-8-12(16-17)13-14-10-15-18(13)11-6-4-3-5-7-11/h8-11H,2-7H2,1H3. The van der Waals surface area contributed by atoms with Crippen molar-refractivity contribution in [3.63, 3.8) is 0 Å². The lowest BCUT2D eigenvalue weighted by Crippen LogP contribution is -2.15. The van der Waals surface area contributed by atoms with E-state index in [1.165, 1.54) is 32.1 Å². The quantitative estimate of drug-likeness (QED) is 0.835. The van der Waals surface area contributed by atoms with Gasteiger partial charge in [-0.2, -0.15) is 10.2 Å². The lowest BCUT2D eigenvalue weighted by atomic mass is 9.95. The molecule has 0 N–H and O–H groups in total. The Balaban J connectivity index is 1.90. The van der Waals surface area contributed by atoms with Gasteiger partial charge in [0.2, 0.25) is 0 Å². The molecular formula is C13H19N5. The van der Waals surface area contributed by atoms with Crippen LogP contribution < -0.4 is 0 Å². The molecule has 2 aromatic rings. The van der Waals surface area contributed by atoms with Gasteiger partial charge < -0.3 is 0 Å². The van der Waals surface area contributed by atoms with Crippen LogP contribution in [0.15, 0.2) is 18.6 Å². The summed E-state index contributed by atoms with van der Waals surface area (Å²) in [6, 6.07) is 2.52. The maximum Gasteiger partial charge on any atom is 0.178 e. The predicted molar refractivity (Wildman–Crippen MR) is 69.0 cm³/mol. The molecule has 3 rings (SSSR count). The van der Waals surface area contributed by atoms with E-state index < -0.39 is 0 Å². The summed E-state index contributed by atoms with van der Waals surface area (Å²) in [7, 11) is 0. The van der Waals surface area contributed by atoms with Crippen molar-refractivity contribution in [3.8, 4) is 11.5 Å². The van der Waals surface area contributed by atoms with E-state index in [0.717, 1.165) is 18.1 Å². The van der Waals surface area contributed by atoms with Crippen molar-refractivity contribution in [2.75, 3.05) is 0 Å². The first-order chi connectivity index (χ1) is 8.88. The summed E-state index contributed by atoms with van der Waals surface area (Å²) in [5, 5.41) is 8.93. The van der Waals surface area contributed by atoms with E-state index in [0.29, 0.717) is 6.04 Å². The molecule has 0 aliphatic heterocycles. The molecule has 2 heterocycles. The van der Waals surface area contributed by atoms with Crippen molar-refractivity contribution in [1.29, 1.82) is 0 Å². The average Bonchev–Trinajstić information content (AvgIpc) is 3.08. The zero-order valence-electron chi connectivity index (χ0n) is 10.8. The zero-order valence-corrected chi connectivity index (χ0v) is 10.8. The van der Waals surface area contributed by atoms with E-state index in [1.807, 2.05) is 16.9 Å². The fourth-order valence-electron chi connectivity index (χ4n) is 2.68. The van der Waals surface area contributed by atoms with Gasteiger partial charge in [-0.05, 0) is 25.8 Å². The Morgan fingerprint density at radius 2 is 2.11 bits per heavy atom. The molecule has 2 aromatic heterocycles. The van der Waals surface area contributed by atoms with Gasteiger partial charge in [-0.15, -0.1) is 0 Å². The van der Waals surface area contributed by atoms with Crippen molar-refractivity contribution < 1.29 is 0 Å². The molecule has 18 heavy (non-hydrogen) atoms. The minimum absolute atomic E-state index is 0.503. The second kappa shape index (κ2) is 4.92. The number of aryl methyl sites for hydroxylation is 1. The highest BCUT2D eigenvalue weighted by Crippen LogP contribution is 2.30. The van der Waals surface area contributed by atoms with Gasteiger partial charge in [0.1, 0.15) is 12.0 Å². The Kier molecular flexibility index (Phi) is 3.13. The van der Waals surface area contributed by atoms with Crippen LogP contribution in [-0.4, -0.2) is 24.5 Å². The Labute approximate surface area is 107 Å². The minimum atomic E-state index is 0.503. The minimum Gasteiger partial charge on any atom is -0.272 e. The summed E-state index contributed by atoms with van der Waals surface area (Å²) >= 11 is 0. The van der Waals surface area contributed by atoms with E-state index in [-0.39, 0.29) is 0 Å². The van der Waals surface area contributed by atoms with Crippen LogP contribution in [0.2, 0.25) is 0 Å². The van der Waals surface area contributed by atoms with Crippen LogP contribution in [0, 0.1) is 0 Å². The van der Waals surface area contributed by atoms with E-state index in [2.05, 4.69) is 26.8 Å². The Hall–Kier alpha value is -1.65. The van der Waals surface area contributed by atoms with E-state index in [4.69, 9.17) is 0 Å². The SMILES string of the molecule is CCn1ccc(-c2ncnn2C2CCCCC2)n1. The van der Waals surface area contributed by atoms with Crippen molar-refractivity contribution in [2.45, 2.75) is 51.6 Å². The molecule has 0 amide bonds. The molecule has 0 spiro atoms. The molecule has 5 heteroatoms. The molecule has 0 saturated heterocycles. The molecule has 0 radical (unpaired) electrons. The molecule has 1 aliphatic rings. The third-order valence-electron chi connectivity index (χ3n) is 3.69. The largest absolute Gasteiger partial charge is 0.272 e. The fourth-order valence-corrected chi connectivity index (χ4v) is 2.68. The molecule has 1 fully saturated rings. The van der Waals surface area contributed by atoms with Gasteiger partial charge in [-0.25, -0.2) is 9.67 Å². The Morgan fingerprint density at radius 3 is 2.83 bits per heavy atom. The fraction of sp³-hybridized carbons (Fsp3) is 0.615. The molecule has 0 bridgehead atoms. The summed E-state index contributed by atoms with van der Waals surface area (Å²) < 4.78 is 4.00. The van der Waals surface area contributed by atoms with Gasteiger partial charge in [0.25, 0.3) is 0 Å². The van der Waals surface area contributed by atoms with E-state index in [9.17, 15) is 0 Å². The Bertz CT molecular complexity index is 507. The van der Waals surface area contributed by atoms with Crippen LogP contribution >= 0.6 is 0 Å². The first-order valence-electron chi connectivity index (χ1n) is 6.82. The molecule has 96 valence electrons. The lowest BCUT2D eigenvalue weighted by Gasteiger charge is -2.22. The highest BCUT2D eigenvalue weighted by atomic mass is 15.4. The molecule has 0 atom stereocenters. The first-order valence-corrected chi connectivity index (χ1v) is 6.82. The lowest BCUT2D eigenvalue weighted by molar-refractivity contribution is 0.331. The van der Waals surface area contributed by atoms with Crippen molar-refractivity contribution in [3.05, 3.63) is 18.6 Å². The van der Waals surface area contributed by atoms with Crippen molar-refractivity contribution in [2.24, 2.45) is 0 Å². The third-order valence-corrected chi connectivity index (χ3v) is 3.69. The second-order valence-electron chi connectivity index (χ2n) is 4.88. The predicted octanol–water partition coefficient (Wildman–Crippen LogP) is 2.67. The third kappa shape index (κ3) is 2.05. The second-order valence-corrected chi connectivity index (χ2v) is 4.88. The molecule has 1 saturated carbocycles. The van der Waals surface area contributed by atoms with Gasteiger partial charge >= 0.3 is 0 Å². The van der Waals surface area contributed by atoms with Crippen LogP contribution in [0.25, 0.3) is 11.5 Å². The molecule has 1 aliphatic carbocycles.